The average Bonchev–Trinajstić information content (AvgIpc) is 3.51. The number of benzene rings is 7. The van der Waals surface area contributed by atoms with E-state index in [0.29, 0.717) is 5.89 Å². The van der Waals surface area contributed by atoms with Crippen molar-refractivity contribution >= 4 is 49.7 Å². The Morgan fingerprint density at radius 1 is 0.429 bits per heavy atom. The van der Waals surface area contributed by atoms with Gasteiger partial charge in [-0.05, 0) is 81.7 Å². The van der Waals surface area contributed by atoms with Crippen LogP contribution in [0, 0.1) is 0 Å². The minimum absolute atomic E-state index is 0.633. The first-order valence-corrected chi connectivity index (χ1v) is 14.1. The molecular formula is C39H26N2O. The Morgan fingerprint density at radius 3 is 1.64 bits per heavy atom. The Morgan fingerprint density at radius 2 is 1.00 bits per heavy atom. The van der Waals surface area contributed by atoms with E-state index in [0.717, 1.165) is 44.9 Å². The van der Waals surface area contributed by atoms with Crippen molar-refractivity contribution in [2.75, 3.05) is 4.90 Å². The van der Waals surface area contributed by atoms with E-state index in [1.807, 2.05) is 42.5 Å². The first-order chi connectivity index (χ1) is 20.8. The number of hydrogen-bond donors (Lipinski definition) is 0. The third-order valence-electron chi connectivity index (χ3n) is 7.86. The molecule has 0 aliphatic carbocycles. The first-order valence-electron chi connectivity index (χ1n) is 14.1. The summed E-state index contributed by atoms with van der Waals surface area (Å²) in [6, 6.07) is 55.2. The van der Waals surface area contributed by atoms with E-state index < -0.39 is 0 Å². The van der Waals surface area contributed by atoms with Crippen molar-refractivity contribution in [1.29, 1.82) is 0 Å². The van der Waals surface area contributed by atoms with Gasteiger partial charge in [0.15, 0.2) is 5.58 Å². The maximum atomic E-state index is 6.14. The maximum absolute atomic E-state index is 6.14. The predicted molar refractivity (Wildman–Crippen MR) is 175 cm³/mol. The van der Waals surface area contributed by atoms with E-state index >= 15 is 0 Å². The van der Waals surface area contributed by atoms with Gasteiger partial charge in [0.1, 0.15) is 5.52 Å². The van der Waals surface area contributed by atoms with Crippen LogP contribution in [0.5, 0.6) is 0 Å². The summed E-state index contributed by atoms with van der Waals surface area (Å²) in [7, 11) is 0. The zero-order valence-electron chi connectivity index (χ0n) is 22.8. The Bertz CT molecular complexity index is 2120. The monoisotopic (exact) mass is 538 g/mol. The molecule has 0 unspecified atom stereocenters. The van der Waals surface area contributed by atoms with Crippen LogP contribution in [0.25, 0.3) is 55.2 Å². The van der Waals surface area contributed by atoms with Crippen LogP contribution in [0.3, 0.4) is 0 Å². The smallest absolute Gasteiger partial charge is 0.227 e. The average molecular weight is 539 g/mol. The lowest BCUT2D eigenvalue weighted by atomic mass is 10.0. The molecule has 0 aliphatic rings. The number of fused-ring (bicyclic) bond motifs is 3. The van der Waals surface area contributed by atoms with Crippen LogP contribution >= 0.6 is 0 Å². The maximum Gasteiger partial charge on any atom is 0.227 e. The molecule has 198 valence electrons. The Labute approximate surface area is 243 Å². The molecule has 0 saturated carbocycles. The second-order valence-corrected chi connectivity index (χ2v) is 10.5. The van der Waals surface area contributed by atoms with Gasteiger partial charge in [0.25, 0.3) is 0 Å². The molecule has 0 amide bonds. The van der Waals surface area contributed by atoms with Crippen molar-refractivity contribution in [2.45, 2.75) is 0 Å². The highest BCUT2D eigenvalue weighted by atomic mass is 16.3. The molecule has 0 fully saturated rings. The fourth-order valence-corrected chi connectivity index (χ4v) is 5.75. The fourth-order valence-electron chi connectivity index (χ4n) is 5.75. The summed E-state index contributed by atoms with van der Waals surface area (Å²) in [6.45, 7) is 0. The predicted octanol–water partition coefficient (Wildman–Crippen LogP) is 10.9. The van der Waals surface area contributed by atoms with E-state index in [1.165, 1.54) is 21.5 Å². The third kappa shape index (κ3) is 4.29. The molecule has 0 saturated heterocycles. The molecule has 0 radical (unpaired) electrons. The molecule has 3 nitrogen and oxygen atoms in total. The molecule has 3 heteroatoms. The number of para-hydroxylation sites is 1. The van der Waals surface area contributed by atoms with Crippen molar-refractivity contribution in [2.24, 2.45) is 0 Å². The highest BCUT2D eigenvalue weighted by Gasteiger charge is 2.16. The largest absolute Gasteiger partial charge is 0.436 e. The Kier molecular flexibility index (Phi) is 5.79. The fraction of sp³-hybridized carbons (Fsp3) is 0. The van der Waals surface area contributed by atoms with Gasteiger partial charge in [-0.1, -0.05) is 103 Å². The molecule has 7 aromatic carbocycles. The number of oxazole rings is 1. The van der Waals surface area contributed by atoms with Crippen molar-refractivity contribution in [3.05, 3.63) is 158 Å². The Hall–Kier alpha value is -5.67. The Balaban J connectivity index is 1.23. The van der Waals surface area contributed by atoms with Gasteiger partial charge in [-0.3, -0.25) is 0 Å². The van der Waals surface area contributed by atoms with Crippen molar-refractivity contribution in [1.82, 2.24) is 4.98 Å². The van der Waals surface area contributed by atoms with Crippen LogP contribution < -0.4 is 4.90 Å². The lowest BCUT2D eigenvalue weighted by Crippen LogP contribution is -2.09. The summed E-state index contributed by atoms with van der Waals surface area (Å²) in [4.78, 5) is 7.22. The van der Waals surface area contributed by atoms with Crippen LogP contribution in [0.2, 0.25) is 0 Å². The van der Waals surface area contributed by atoms with Crippen molar-refractivity contribution in [3.63, 3.8) is 0 Å². The molecule has 8 aromatic rings. The highest BCUT2D eigenvalue weighted by Crippen LogP contribution is 2.39. The van der Waals surface area contributed by atoms with Crippen molar-refractivity contribution in [3.8, 4) is 22.6 Å². The molecule has 0 aliphatic heterocycles. The number of nitrogens with zero attached hydrogens (tertiary/aromatic N) is 2. The molecule has 1 heterocycles. The number of anilines is 3. The SMILES string of the molecule is c1ccc(-c2nc3c(-c4ccc(N(c5ccc6ccccc6c5)c5ccc6ccccc6c5)cc4)cccc3o2)cc1. The summed E-state index contributed by atoms with van der Waals surface area (Å²) < 4.78 is 6.14. The molecule has 0 atom stereocenters. The zero-order chi connectivity index (χ0) is 27.9. The van der Waals surface area contributed by atoms with Crippen LogP contribution in [-0.2, 0) is 0 Å². The topological polar surface area (TPSA) is 29.3 Å². The first kappa shape index (κ1) is 24.2. The van der Waals surface area contributed by atoms with Gasteiger partial charge in [-0.25, -0.2) is 4.98 Å². The van der Waals surface area contributed by atoms with Crippen LogP contribution in [0.4, 0.5) is 17.1 Å². The quantitative estimate of drug-likeness (QED) is 0.218. The van der Waals surface area contributed by atoms with E-state index in [1.54, 1.807) is 0 Å². The van der Waals surface area contributed by atoms with Crippen molar-refractivity contribution < 1.29 is 4.42 Å². The molecule has 0 spiro atoms. The molecule has 0 N–H and O–H groups in total. The van der Waals surface area contributed by atoms with Gasteiger partial charge in [0.2, 0.25) is 5.89 Å². The lowest BCUT2D eigenvalue weighted by Gasteiger charge is -2.26. The summed E-state index contributed by atoms with van der Waals surface area (Å²) in [5.74, 6) is 0.633. The summed E-state index contributed by atoms with van der Waals surface area (Å²) in [6.07, 6.45) is 0. The van der Waals surface area contributed by atoms with Crippen LogP contribution in [0.1, 0.15) is 0 Å². The molecular weight excluding hydrogens is 512 g/mol. The van der Waals surface area contributed by atoms with Gasteiger partial charge in [-0.2, -0.15) is 0 Å². The van der Waals surface area contributed by atoms with Gasteiger partial charge >= 0.3 is 0 Å². The number of rotatable bonds is 5. The summed E-state index contributed by atoms with van der Waals surface area (Å²) in [5, 5.41) is 4.88. The van der Waals surface area contributed by atoms with Gasteiger partial charge in [-0.15, -0.1) is 0 Å². The van der Waals surface area contributed by atoms with Crippen LogP contribution in [-0.4, -0.2) is 4.98 Å². The number of hydrogen-bond acceptors (Lipinski definition) is 3. The van der Waals surface area contributed by atoms with E-state index in [-0.39, 0.29) is 0 Å². The minimum Gasteiger partial charge on any atom is -0.436 e. The zero-order valence-corrected chi connectivity index (χ0v) is 22.8. The lowest BCUT2D eigenvalue weighted by molar-refractivity contribution is 0.620. The second kappa shape index (κ2) is 10.1. The standard InChI is InChI=1S/C39H26N2O/c1-2-11-30(12-3-1)39-40-38-36(15-8-16-37(38)42-39)29-19-21-33(22-20-29)41(34-23-17-27-9-4-6-13-31(27)25-34)35-24-18-28-10-5-7-14-32(28)26-35/h1-26H. The highest BCUT2D eigenvalue weighted by molar-refractivity contribution is 5.94. The molecule has 8 rings (SSSR count). The molecule has 0 bridgehead atoms. The summed E-state index contributed by atoms with van der Waals surface area (Å²) >= 11 is 0. The van der Waals surface area contributed by atoms with Gasteiger partial charge in [0.05, 0.1) is 0 Å². The normalized spacial score (nSPS) is 11.3. The second-order valence-electron chi connectivity index (χ2n) is 10.5. The van der Waals surface area contributed by atoms with Gasteiger partial charge < -0.3 is 9.32 Å². The summed E-state index contributed by atoms with van der Waals surface area (Å²) in [5.41, 5.74) is 8.07. The molecule has 42 heavy (non-hydrogen) atoms. The minimum atomic E-state index is 0.633. The van der Waals surface area contributed by atoms with Gasteiger partial charge in [0, 0.05) is 28.2 Å². The van der Waals surface area contributed by atoms with E-state index in [9.17, 15) is 0 Å². The van der Waals surface area contributed by atoms with E-state index in [4.69, 9.17) is 9.40 Å². The number of aromatic nitrogens is 1. The van der Waals surface area contributed by atoms with E-state index in [2.05, 4.69) is 120 Å². The third-order valence-corrected chi connectivity index (χ3v) is 7.86. The van der Waals surface area contributed by atoms with Crippen LogP contribution in [0.15, 0.2) is 162 Å². The molecule has 1 aromatic heterocycles.